The Labute approximate surface area is 341 Å². The van der Waals surface area contributed by atoms with Gasteiger partial charge in [-0.2, -0.15) is 12.2 Å². The third-order valence-corrected chi connectivity index (χ3v) is 10.1. The van der Waals surface area contributed by atoms with Gasteiger partial charge in [0, 0.05) is 0 Å². The summed E-state index contributed by atoms with van der Waals surface area (Å²) in [7, 11) is 0. The second-order valence-electron chi connectivity index (χ2n) is 14.7. The van der Waals surface area contributed by atoms with Crippen LogP contribution < -0.4 is 24.8 Å². The van der Waals surface area contributed by atoms with Gasteiger partial charge in [-0.3, -0.25) is 12.2 Å². The average molecular weight is 797 g/mol. The molecule has 0 unspecified atom stereocenters. The van der Waals surface area contributed by atoms with E-state index in [1.54, 1.807) is 0 Å². The minimum atomic E-state index is 0. The van der Waals surface area contributed by atoms with Crippen LogP contribution in [0.15, 0.2) is 35.5 Å². The summed E-state index contributed by atoms with van der Waals surface area (Å²) in [5, 5.41) is 0. The van der Waals surface area contributed by atoms with Crippen LogP contribution in [0.3, 0.4) is 0 Å². The first-order valence-electron chi connectivity index (χ1n) is 21.4. The topological polar surface area (TPSA) is 0 Å². The van der Waals surface area contributed by atoms with Gasteiger partial charge in [-0.25, -0.2) is 23.3 Å². The molecule has 0 radical (unpaired) electrons. The Kier molecular flexibility index (Phi) is 51.0. The second kappa shape index (κ2) is 46.4. The Balaban J connectivity index is -0.000000814. The number of hydrogen-bond donors (Lipinski definition) is 0. The molecule has 0 saturated heterocycles. The van der Waals surface area contributed by atoms with E-state index in [4.69, 9.17) is 0 Å². The van der Waals surface area contributed by atoms with Crippen molar-refractivity contribution in [1.29, 1.82) is 0 Å². The van der Waals surface area contributed by atoms with Crippen LogP contribution in [0, 0.1) is 12.2 Å². The van der Waals surface area contributed by atoms with Crippen molar-refractivity contribution in [2.75, 3.05) is 0 Å². The summed E-state index contributed by atoms with van der Waals surface area (Å²) in [5.74, 6) is 0. The van der Waals surface area contributed by atoms with Gasteiger partial charge in [0.15, 0.2) is 0 Å². The van der Waals surface area contributed by atoms with Gasteiger partial charge in [-0.15, -0.1) is 12.8 Å². The maximum Gasteiger partial charge on any atom is 4.00 e. The molecule has 49 heavy (non-hydrogen) atoms. The molecule has 0 aromatic rings. The fourth-order valence-electron chi connectivity index (χ4n) is 6.97. The van der Waals surface area contributed by atoms with Crippen molar-refractivity contribution in [2.45, 2.75) is 245 Å². The number of allylic oxidation sites excluding steroid dienone is 8. The Morgan fingerprint density at radius 2 is 0.551 bits per heavy atom. The molecule has 2 aliphatic carbocycles. The molecule has 0 spiro atoms. The fraction of sp³-hybridized carbons (Fsp3) is 0.826. The molecule has 0 nitrogen and oxygen atoms in total. The Morgan fingerprint density at radius 1 is 0.347 bits per heavy atom. The predicted molar refractivity (Wildman–Crippen MR) is 209 cm³/mol. The summed E-state index contributed by atoms with van der Waals surface area (Å²) in [6.45, 7) is 4.59. The molecule has 0 saturated carbocycles. The van der Waals surface area contributed by atoms with E-state index in [9.17, 15) is 0 Å². The van der Waals surface area contributed by atoms with E-state index >= 15 is 0 Å². The summed E-state index contributed by atoms with van der Waals surface area (Å²) < 4.78 is 0. The largest absolute Gasteiger partial charge is 4.00 e. The molecule has 0 amide bonds. The normalized spacial score (nSPS) is 12.9. The van der Waals surface area contributed by atoms with Crippen molar-refractivity contribution < 1.29 is 51.0 Å². The summed E-state index contributed by atoms with van der Waals surface area (Å²) in [5.41, 5.74) is 2.91. The van der Waals surface area contributed by atoms with Crippen LogP contribution in [-0.2, 0) is 26.2 Å². The van der Waals surface area contributed by atoms with Gasteiger partial charge in [0.1, 0.15) is 0 Å². The Morgan fingerprint density at radius 3 is 0.735 bits per heavy atom. The molecular formula is C46H82Cl2Zr. The van der Waals surface area contributed by atoms with Crippen LogP contribution in [0.25, 0.3) is 0 Å². The van der Waals surface area contributed by atoms with Crippen molar-refractivity contribution in [3.05, 3.63) is 47.6 Å². The number of hydrogen-bond acceptors (Lipinski definition) is 0. The third kappa shape index (κ3) is 41.0. The maximum atomic E-state index is 3.41. The monoisotopic (exact) mass is 794 g/mol. The van der Waals surface area contributed by atoms with Crippen LogP contribution in [-0.4, -0.2) is 0 Å². The van der Waals surface area contributed by atoms with E-state index in [2.05, 4.69) is 50.3 Å². The third-order valence-electron chi connectivity index (χ3n) is 10.1. The minimum absolute atomic E-state index is 0. The molecular weight excluding hydrogens is 715 g/mol. The van der Waals surface area contributed by atoms with Crippen LogP contribution in [0.4, 0.5) is 0 Å². The van der Waals surface area contributed by atoms with Crippen molar-refractivity contribution in [3.63, 3.8) is 0 Å². The molecule has 0 N–H and O–H groups in total. The van der Waals surface area contributed by atoms with E-state index in [1.165, 1.54) is 229 Å². The van der Waals surface area contributed by atoms with Gasteiger partial charge < -0.3 is 24.8 Å². The maximum absolute atomic E-state index is 3.41. The van der Waals surface area contributed by atoms with Gasteiger partial charge in [-0.05, 0) is 0 Å². The first-order valence-corrected chi connectivity index (χ1v) is 21.4. The van der Waals surface area contributed by atoms with E-state index in [0.717, 1.165) is 12.8 Å². The summed E-state index contributed by atoms with van der Waals surface area (Å²) in [6.07, 6.45) is 66.8. The van der Waals surface area contributed by atoms with Gasteiger partial charge in [0.2, 0.25) is 0 Å². The predicted octanol–water partition coefficient (Wildman–Crippen LogP) is 10.7. The zero-order valence-corrected chi connectivity index (χ0v) is 37.0. The number of halogens is 2. The van der Waals surface area contributed by atoms with E-state index in [-0.39, 0.29) is 51.0 Å². The molecule has 284 valence electrons. The fourth-order valence-corrected chi connectivity index (χ4v) is 6.97. The SMILES string of the molecule is CCCCCCCCCCCCCCCCCCC1=[C-]CC=C1.CCCCCCCCCCCCCCCCCCC1=[C-]CC=C1.[Cl-].[Cl-].[Zr+4]. The zero-order valence-electron chi connectivity index (χ0n) is 33.0. The zero-order chi connectivity index (χ0) is 32.9. The molecule has 0 fully saturated rings. The van der Waals surface area contributed by atoms with Gasteiger partial charge in [0.25, 0.3) is 0 Å². The van der Waals surface area contributed by atoms with Gasteiger partial charge in [0.05, 0.1) is 0 Å². The molecule has 3 heteroatoms. The first-order chi connectivity index (χ1) is 22.9. The average Bonchev–Trinajstić information content (AvgIpc) is 3.80. The van der Waals surface area contributed by atoms with Gasteiger partial charge in [-0.1, -0.05) is 232 Å². The van der Waals surface area contributed by atoms with Crippen LogP contribution >= 0.6 is 0 Å². The van der Waals surface area contributed by atoms with Gasteiger partial charge >= 0.3 is 26.2 Å². The number of unbranched alkanes of at least 4 members (excludes halogenated alkanes) is 30. The smallest absolute Gasteiger partial charge is 1.00 e. The molecule has 0 aromatic carbocycles. The van der Waals surface area contributed by atoms with E-state index < -0.39 is 0 Å². The van der Waals surface area contributed by atoms with Crippen LogP contribution in [0.5, 0.6) is 0 Å². The second-order valence-corrected chi connectivity index (χ2v) is 14.7. The van der Waals surface area contributed by atoms with Crippen molar-refractivity contribution in [3.8, 4) is 0 Å². The molecule has 0 heterocycles. The van der Waals surface area contributed by atoms with Crippen molar-refractivity contribution in [1.82, 2.24) is 0 Å². The Bertz CT molecular complexity index is 675. The minimum Gasteiger partial charge on any atom is -1.00 e. The Hall–Kier alpha value is 0.423. The number of rotatable bonds is 34. The molecule has 0 bridgehead atoms. The van der Waals surface area contributed by atoms with E-state index in [0.29, 0.717) is 0 Å². The summed E-state index contributed by atoms with van der Waals surface area (Å²) in [4.78, 5) is 0. The molecule has 2 rings (SSSR count). The molecule has 0 atom stereocenters. The van der Waals surface area contributed by atoms with Crippen molar-refractivity contribution >= 4 is 0 Å². The first kappa shape index (κ1) is 53.8. The van der Waals surface area contributed by atoms with E-state index in [1.807, 2.05) is 0 Å². The molecule has 2 aliphatic rings. The standard InChI is InChI=1S/2C23H41.2ClH.Zr/c2*1-2-3-4-5-6-7-8-9-10-11-12-13-14-15-16-17-20-23-21-18-19-22-23;;;/h2*18,21H,2-17,19-20H2,1H3;2*1H;/q2*-1;;;+4/p-2. The van der Waals surface area contributed by atoms with Crippen LogP contribution in [0.2, 0.25) is 0 Å². The molecule has 0 aromatic heterocycles. The quantitative estimate of drug-likeness (QED) is 0.0450. The van der Waals surface area contributed by atoms with Crippen molar-refractivity contribution in [2.24, 2.45) is 0 Å². The summed E-state index contributed by atoms with van der Waals surface area (Å²) in [6, 6.07) is 0. The summed E-state index contributed by atoms with van der Waals surface area (Å²) >= 11 is 0. The van der Waals surface area contributed by atoms with Crippen LogP contribution in [0.1, 0.15) is 245 Å². The molecule has 0 aliphatic heterocycles.